The van der Waals surface area contributed by atoms with Gasteiger partial charge >= 0.3 is 6.16 Å². The second-order valence-corrected chi connectivity index (χ2v) is 9.03. The predicted molar refractivity (Wildman–Crippen MR) is 128 cm³/mol. The number of H-pyrrole nitrogens is 1. The molecule has 3 aromatic rings. The lowest BCUT2D eigenvalue weighted by atomic mass is 9.91. The number of carbonyl (C=O) groups is 1. The molecule has 1 unspecified atom stereocenters. The van der Waals surface area contributed by atoms with E-state index >= 15 is 0 Å². The molecule has 32 heavy (non-hydrogen) atoms. The summed E-state index contributed by atoms with van der Waals surface area (Å²) in [4.78, 5) is 17.4. The Morgan fingerprint density at radius 1 is 1.16 bits per heavy atom. The molecule has 170 valence electrons. The number of nitrogens with one attached hydrogen (secondary N) is 1. The maximum Gasteiger partial charge on any atom is 0.513 e. The number of aryl methyl sites for hydroxylation is 2. The second-order valence-electron chi connectivity index (χ2n) is 9.03. The smallest absolute Gasteiger partial charge is 0.437 e. The molecule has 2 heterocycles. The van der Waals surface area contributed by atoms with Gasteiger partial charge in [-0.2, -0.15) is 0 Å². The number of unbranched alkanes of at least 4 members (excludes halogenated alkanes) is 1. The topological polar surface area (TPSA) is 54.6 Å². The minimum absolute atomic E-state index is 0.512. The molecule has 1 aromatic heterocycles. The maximum atomic E-state index is 11.4. The van der Waals surface area contributed by atoms with E-state index < -0.39 is 6.16 Å². The molecule has 5 heteroatoms. The number of carbonyl (C=O) groups excluding carboxylic acids is 1. The van der Waals surface area contributed by atoms with Crippen LogP contribution in [-0.4, -0.2) is 42.8 Å². The average Bonchev–Trinajstić information content (AvgIpc) is 3.21. The van der Waals surface area contributed by atoms with E-state index in [1.54, 1.807) is 6.07 Å². The number of likely N-dealkylation sites (tertiary alicyclic amines) is 1. The van der Waals surface area contributed by atoms with Crippen molar-refractivity contribution in [2.75, 3.05) is 26.7 Å². The Balaban J connectivity index is 1.25. The number of nitrogens with zero attached hydrogens (tertiary/aromatic N) is 1. The summed E-state index contributed by atoms with van der Waals surface area (Å²) in [5.74, 6) is 1.28. The molecule has 5 nitrogen and oxygen atoms in total. The molecule has 1 aliphatic rings. The van der Waals surface area contributed by atoms with Crippen molar-refractivity contribution in [1.29, 1.82) is 0 Å². The van der Waals surface area contributed by atoms with Crippen LogP contribution in [0.4, 0.5) is 4.79 Å². The van der Waals surface area contributed by atoms with Crippen molar-refractivity contribution in [3.63, 3.8) is 0 Å². The molecule has 1 atom stereocenters. The van der Waals surface area contributed by atoms with Crippen molar-refractivity contribution < 1.29 is 14.3 Å². The first-order valence-corrected chi connectivity index (χ1v) is 11.7. The Hall–Kier alpha value is -2.79. The molecule has 1 fully saturated rings. The van der Waals surface area contributed by atoms with E-state index in [-0.39, 0.29) is 0 Å². The van der Waals surface area contributed by atoms with Crippen molar-refractivity contribution in [1.82, 2.24) is 9.88 Å². The Kier molecular flexibility index (Phi) is 7.48. The largest absolute Gasteiger partial charge is 0.513 e. The fourth-order valence-electron chi connectivity index (χ4n) is 4.80. The first-order chi connectivity index (χ1) is 15.6. The number of fused-ring (bicyclic) bond motifs is 1. The van der Waals surface area contributed by atoms with Crippen LogP contribution in [0.5, 0.6) is 5.75 Å². The second kappa shape index (κ2) is 10.7. The average molecular weight is 435 g/mol. The van der Waals surface area contributed by atoms with E-state index in [1.165, 1.54) is 69.1 Å². The zero-order valence-corrected chi connectivity index (χ0v) is 19.2. The lowest BCUT2D eigenvalue weighted by Gasteiger charge is -2.33. The summed E-state index contributed by atoms with van der Waals surface area (Å²) in [5, 5.41) is 1.11. The van der Waals surface area contributed by atoms with Crippen LogP contribution in [0.3, 0.4) is 0 Å². The third kappa shape index (κ3) is 5.92. The van der Waals surface area contributed by atoms with Crippen LogP contribution in [0.1, 0.15) is 42.4 Å². The van der Waals surface area contributed by atoms with Gasteiger partial charge in [0.05, 0.1) is 7.11 Å². The van der Waals surface area contributed by atoms with Crippen LogP contribution in [0.25, 0.3) is 10.9 Å². The zero-order valence-electron chi connectivity index (χ0n) is 19.2. The normalized spacial score (nSPS) is 16.9. The van der Waals surface area contributed by atoms with Crippen LogP contribution in [0.2, 0.25) is 0 Å². The van der Waals surface area contributed by atoms with Gasteiger partial charge in [-0.15, -0.1) is 0 Å². The summed E-state index contributed by atoms with van der Waals surface area (Å²) in [6.45, 7) is 5.77. The molecule has 0 saturated carbocycles. The van der Waals surface area contributed by atoms with Crippen LogP contribution in [0.15, 0.2) is 48.7 Å². The molecule has 0 spiro atoms. The molecule has 0 aliphatic carbocycles. The third-order valence-corrected chi connectivity index (χ3v) is 6.53. The number of hydrogen-bond acceptors (Lipinski definition) is 4. The summed E-state index contributed by atoms with van der Waals surface area (Å²) < 4.78 is 9.76. The highest BCUT2D eigenvalue weighted by atomic mass is 16.7. The van der Waals surface area contributed by atoms with E-state index in [1.807, 2.05) is 12.1 Å². The van der Waals surface area contributed by atoms with Crippen LogP contribution >= 0.6 is 0 Å². The number of benzene rings is 2. The molecule has 1 N–H and O–H groups in total. The maximum absolute atomic E-state index is 11.4. The highest BCUT2D eigenvalue weighted by Crippen LogP contribution is 2.26. The van der Waals surface area contributed by atoms with Gasteiger partial charge in [0, 0.05) is 23.6 Å². The fourth-order valence-corrected chi connectivity index (χ4v) is 4.80. The van der Waals surface area contributed by atoms with Gasteiger partial charge in [0.15, 0.2) is 0 Å². The van der Waals surface area contributed by atoms with Crippen molar-refractivity contribution in [3.8, 4) is 5.75 Å². The number of hydrogen-bond donors (Lipinski definition) is 1. The van der Waals surface area contributed by atoms with E-state index in [0.29, 0.717) is 5.75 Å². The minimum Gasteiger partial charge on any atom is -0.437 e. The molecule has 0 bridgehead atoms. The molecule has 0 amide bonds. The van der Waals surface area contributed by atoms with Crippen LogP contribution in [0, 0.1) is 12.8 Å². The lowest BCUT2D eigenvalue weighted by Crippen LogP contribution is -2.36. The van der Waals surface area contributed by atoms with E-state index in [0.717, 1.165) is 29.7 Å². The van der Waals surface area contributed by atoms with E-state index in [4.69, 9.17) is 4.74 Å². The van der Waals surface area contributed by atoms with E-state index in [2.05, 4.69) is 52.0 Å². The zero-order chi connectivity index (χ0) is 22.3. The molecule has 1 aliphatic heterocycles. The van der Waals surface area contributed by atoms with Crippen LogP contribution in [-0.2, 0) is 17.6 Å². The van der Waals surface area contributed by atoms with Gasteiger partial charge in [0.25, 0.3) is 0 Å². The number of methoxy groups -OCH3 is 1. The first-order valence-electron chi connectivity index (χ1n) is 11.7. The third-order valence-electron chi connectivity index (χ3n) is 6.53. The lowest BCUT2D eigenvalue weighted by molar-refractivity contribution is 0.121. The van der Waals surface area contributed by atoms with E-state index in [9.17, 15) is 4.79 Å². The van der Waals surface area contributed by atoms with Gasteiger partial charge in [-0.25, -0.2) is 4.79 Å². The molecule has 0 radical (unpaired) electrons. The van der Waals surface area contributed by atoms with Crippen LogP contribution < -0.4 is 4.74 Å². The van der Waals surface area contributed by atoms with Gasteiger partial charge in [-0.05, 0) is 93.8 Å². The van der Waals surface area contributed by atoms with Gasteiger partial charge in [-0.3, -0.25) is 0 Å². The van der Waals surface area contributed by atoms with Crippen molar-refractivity contribution in [2.24, 2.45) is 5.92 Å². The minimum atomic E-state index is -0.691. The van der Waals surface area contributed by atoms with Crippen molar-refractivity contribution >= 4 is 17.1 Å². The number of aromatic amines is 1. The van der Waals surface area contributed by atoms with Crippen molar-refractivity contribution in [2.45, 2.75) is 45.4 Å². The number of piperidine rings is 1. The number of ether oxygens (including phenoxy) is 2. The molecular weight excluding hydrogens is 400 g/mol. The fraction of sp³-hybridized carbons (Fsp3) is 0.444. The highest BCUT2D eigenvalue weighted by Gasteiger charge is 2.19. The standard InChI is InChI=1S/C27H34N2O3/c1-20-8-10-21(11-9-20)16-22-6-5-15-29(19-22)14-4-3-7-23-18-28-26-13-12-24(17-25(23)26)32-27(30)31-2/h8-13,17-18,22,28H,3-7,14-16,19H2,1-2H3. The Morgan fingerprint density at radius 2 is 2.00 bits per heavy atom. The summed E-state index contributed by atoms with van der Waals surface area (Å²) in [6, 6.07) is 14.7. The van der Waals surface area contributed by atoms with Gasteiger partial charge in [0.2, 0.25) is 0 Å². The SMILES string of the molecule is COC(=O)Oc1ccc2[nH]cc(CCCCN3CCCC(Cc4ccc(C)cc4)C3)c2c1. The molecular formula is C27H34N2O3. The molecule has 2 aromatic carbocycles. The summed E-state index contributed by atoms with van der Waals surface area (Å²) in [7, 11) is 1.32. The summed E-state index contributed by atoms with van der Waals surface area (Å²) in [5.41, 5.74) is 5.14. The van der Waals surface area contributed by atoms with Gasteiger partial charge in [0.1, 0.15) is 5.75 Å². The van der Waals surface area contributed by atoms with Crippen molar-refractivity contribution in [3.05, 3.63) is 65.4 Å². The number of aromatic nitrogens is 1. The first kappa shape index (κ1) is 22.4. The monoisotopic (exact) mass is 434 g/mol. The van der Waals surface area contributed by atoms with Gasteiger partial charge in [-0.1, -0.05) is 29.8 Å². The number of rotatable bonds is 8. The molecule has 1 saturated heterocycles. The highest BCUT2D eigenvalue weighted by molar-refractivity contribution is 5.85. The van der Waals surface area contributed by atoms with Gasteiger partial charge < -0.3 is 19.4 Å². The summed E-state index contributed by atoms with van der Waals surface area (Å²) in [6.07, 6.45) is 8.59. The Bertz CT molecular complexity index is 1030. The predicted octanol–water partition coefficient (Wildman–Crippen LogP) is 5.90. The Morgan fingerprint density at radius 3 is 2.81 bits per heavy atom. The molecule has 4 rings (SSSR count). The summed E-state index contributed by atoms with van der Waals surface area (Å²) >= 11 is 0. The quantitative estimate of drug-likeness (QED) is 0.272. The Labute approximate surface area is 190 Å².